The van der Waals surface area contributed by atoms with E-state index in [2.05, 4.69) is 25.6 Å². The second-order valence-electron chi connectivity index (χ2n) is 7.01. The van der Waals surface area contributed by atoms with Gasteiger partial charge in [-0.3, -0.25) is 9.59 Å². The number of hydrogen-bond acceptors (Lipinski definition) is 9. The summed E-state index contributed by atoms with van der Waals surface area (Å²) in [6.07, 6.45) is 4.96. The van der Waals surface area contributed by atoms with Crippen LogP contribution in [0.25, 0.3) is 10.9 Å². The van der Waals surface area contributed by atoms with E-state index < -0.39 is 11.9 Å². The molecule has 0 saturated carbocycles. The van der Waals surface area contributed by atoms with Crippen molar-refractivity contribution >= 4 is 68.8 Å². The van der Waals surface area contributed by atoms with Gasteiger partial charge in [-0.2, -0.15) is 0 Å². The molecule has 1 amide bonds. The minimum absolute atomic E-state index is 0.146. The highest BCUT2D eigenvalue weighted by molar-refractivity contribution is 7.12. The zero-order chi connectivity index (χ0) is 24.8. The lowest BCUT2D eigenvalue weighted by atomic mass is 10.1. The van der Waals surface area contributed by atoms with Gasteiger partial charge in [0, 0.05) is 28.8 Å². The number of nitrogens with zero attached hydrogens (tertiary/aromatic N) is 3. The van der Waals surface area contributed by atoms with E-state index >= 15 is 0 Å². The van der Waals surface area contributed by atoms with Gasteiger partial charge in [-0.25, -0.2) is 19.7 Å². The van der Waals surface area contributed by atoms with Gasteiger partial charge >= 0.3 is 5.97 Å². The minimum Gasteiger partial charge on any atom is -0.463 e. The third-order valence-electron chi connectivity index (χ3n) is 4.65. The van der Waals surface area contributed by atoms with Gasteiger partial charge in [0.25, 0.3) is 0 Å². The van der Waals surface area contributed by atoms with Crippen molar-refractivity contribution in [3.63, 3.8) is 0 Å². The van der Waals surface area contributed by atoms with Crippen molar-refractivity contribution in [3.05, 3.63) is 81.9 Å². The van der Waals surface area contributed by atoms with E-state index in [1.54, 1.807) is 37.3 Å². The lowest BCUT2D eigenvalue weighted by Gasteiger charge is -2.11. The van der Waals surface area contributed by atoms with Crippen LogP contribution < -0.4 is 10.6 Å². The van der Waals surface area contributed by atoms with Gasteiger partial charge in [0.1, 0.15) is 18.0 Å². The number of halogens is 1. The number of aromatic nitrogens is 3. The van der Waals surface area contributed by atoms with Gasteiger partial charge in [-0.05, 0) is 42.6 Å². The van der Waals surface area contributed by atoms with Crippen LogP contribution in [-0.2, 0) is 14.3 Å². The average Bonchev–Trinajstić information content (AvgIpc) is 3.38. The second-order valence-corrected chi connectivity index (χ2v) is 8.36. The highest BCUT2D eigenvalue weighted by atomic mass is 35.5. The summed E-state index contributed by atoms with van der Waals surface area (Å²) in [7, 11) is 0. The molecule has 35 heavy (non-hydrogen) atoms. The van der Waals surface area contributed by atoms with Crippen LogP contribution in [0.1, 0.15) is 22.2 Å². The van der Waals surface area contributed by atoms with Crippen molar-refractivity contribution in [2.24, 2.45) is 0 Å². The number of carbonyl (C=O) groups excluding carboxylic acids is 3. The number of thiophene rings is 1. The Morgan fingerprint density at radius 3 is 2.71 bits per heavy atom. The number of benzene rings is 1. The van der Waals surface area contributed by atoms with Crippen molar-refractivity contribution in [3.8, 4) is 0 Å². The number of pyridine rings is 1. The number of nitrogens with one attached hydrogen (secondary N) is 2. The highest BCUT2D eigenvalue weighted by Gasteiger charge is 2.15. The molecular weight excluding hydrogens is 490 g/mol. The van der Waals surface area contributed by atoms with E-state index in [9.17, 15) is 14.4 Å². The number of carbonyl (C=O) groups is 3. The number of esters is 1. The SMILES string of the molecule is CCOC(=O)C=CC(=O)Nc1cc2c(Nc3ccc(C(=O)c4cccs4)c(Cl)c3)ncnc2cn1. The van der Waals surface area contributed by atoms with Gasteiger partial charge in [0.15, 0.2) is 0 Å². The zero-order valence-corrected chi connectivity index (χ0v) is 19.9. The fourth-order valence-electron chi connectivity index (χ4n) is 3.08. The van der Waals surface area contributed by atoms with E-state index in [0.717, 1.165) is 12.2 Å². The average molecular weight is 508 g/mol. The molecule has 3 aromatic heterocycles. The monoisotopic (exact) mass is 507 g/mol. The molecule has 0 unspecified atom stereocenters. The molecule has 0 atom stereocenters. The number of rotatable bonds is 8. The summed E-state index contributed by atoms with van der Waals surface area (Å²) in [6, 6.07) is 10.2. The van der Waals surface area contributed by atoms with Crippen molar-refractivity contribution in [2.75, 3.05) is 17.2 Å². The third-order valence-corrected chi connectivity index (χ3v) is 5.83. The third kappa shape index (κ3) is 5.86. The smallest absolute Gasteiger partial charge is 0.330 e. The molecule has 4 aromatic rings. The maximum absolute atomic E-state index is 12.6. The molecule has 0 spiro atoms. The van der Waals surface area contributed by atoms with Crippen LogP contribution in [0, 0.1) is 0 Å². The molecule has 0 aliphatic rings. The van der Waals surface area contributed by atoms with Gasteiger partial charge in [-0.1, -0.05) is 17.7 Å². The molecule has 1 aromatic carbocycles. The molecule has 176 valence electrons. The lowest BCUT2D eigenvalue weighted by Crippen LogP contribution is -2.11. The summed E-state index contributed by atoms with van der Waals surface area (Å²) >= 11 is 7.75. The second kappa shape index (κ2) is 10.9. The predicted octanol–water partition coefficient (Wildman–Crippen LogP) is 4.77. The van der Waals surface area contributed by atoms with E-state index in [1.807, 2.05) is 11.4 Å². The first-order valence-corrected chi connectivity index (χ1v) is 11.6. The fraction of sp³-hybridized carbons (Fsp3) is 0.0833. The normalized spacial score (nSPS) is 10.9. The van der Waals surface area contributed by atoms with Crippen LogP contribution in [0.15, 0.2) is 66.5 Å². The molecule has 2 N–H and O–H groups in total. The Hall–Kier alpha value is -4.15. The molecule has 9 nitrogen and oxygen atoms in total. The van der Waals surface area contributed by atoms with Gasteiger partial charge < -0.3 is 15.4 Å². The Morgan fingerprint density at radius 1 is 1.11 bits per heavy atom. The van der Waals surface area contributed by atoms with Gasteiger partial charge in [0.2, 0.25) is 11.7 Å². The van der Waals surface area contributed by atoms with Crippen LogP contribution in [0.4, 0.5) is 17.3 Å². The van der Waals surface area contributed by atoms with Crippen LogP contribution in [-0.4, -0.2) is 39.2 Å². The molecule has 4 rings (SSSR count). The van der Waals surface area contributed by atoms with Crippen LogP contribution >= 0.6 is 22.9 Å². The van der Waals surface area contributed by atoms with E-state index in [4.69, 9.17) is 16.3 Å². The quantitative estimate of drug-likeness (QED) is 0.198. The summed E-state index contributed by atoms with van der Waals surface area (Å²) in [4.78, 5) is 49.4. The first-order chi connectivity index (χ1) is 16.9. The fourth-order valence-corrected chi connectivity index (χ4v) is 4.03. The standard InChI is InChI=1S/C24H18ClN5O4S/c1-2-34-22(32)8-7-21(31)30-20-11-16-18(12-26-20)27-13-28-24(16)29-14-5-6-15(17(25)10-14)23(33)19-4-3-9-35-19/h3-13H,2H2,1H3,(H,26,30,31)(H,27,28,29). The number of ether oxygens (including phenoxy) is 1. The molecule has 0 aliphatic heterocycles. The molecular formula is C24H18ClN5O4S. The zero-order valence-electron chi connectivity index (χ0n) is 18.3. The van der Waals surface area contributed by atoms with Crippen LogP contribution in [0.3, 0.4) is 0 Å². The van der Waals surface area contributed by atoms with Crippen LogP contribution in [0.5, 0.6) is 0 Å². The topological polar surface area (TPSA) is 123 Å². The van der Waals surface area contributed by atoms with E-state index in [1.165, 1.54) is 23.9 Å². The first-order valence-electron chi connectivity index (χ1n) is 10.4. The maximum atomic E-state index is 12.6. The van der Waals surface area contributed by atoms with E-state index in [0.29, 0.717) is 37.9 Å². The Morgan fingerprint density at radius 2 is 1.97 bits per heavy atom. The minimum atomic E-state index is -0.615. The van der Waals surface area contributed by atoms with Crippen molar-refractivity contribution in [2.45, 2.75) is 6.92 Å². The summed E-state index contributed by atoms with van der Waals surface area (Å²) in [5, 5.41) is 8.46. The molecule has 0 aliphatic carbocycles. The Kier molecular flexibility index (Phi) is 7.44. The Bertz CT molecular complexity index is 1440. The Labute approximate surface area is 208 Å². The predicted molar refractivity (Wildman–Crippen MR) is 134 cm³/mol. The number of anilines is 3. The highest BCUT2D eigenvalue weighted by Crippen LogP contribution is 2.29. The van der Waals surface area contributed by atoms with Crippen molar-refractivity contribution < 1.29 is 19.1 Å². The van der Waals surface area contributed by atoms with Crippen molar-refractivity contribution in [1.82, 2.24) is 15.0 Å². The number of fused-ring (bicyclic) bond motifs is 1. The number of ketones is 1. The summed E-state index contributed by atoms with van der Waals surface area (Å²) in [5.74, 6) is -0.621. The molecule has 0 fully saturated rings. The molecule has 0 radical (unpaired) electrons. The molecule has 3 heterocycles. The largest absolute Gasteiger partial charge is 0.463 e. The number of hydrogen-bond donors (Lipinski definition) is 2. The maximum Gasteiger partial charge on any atom is 0.330 e. The van der Waals surface area contributed by atoms with Gasteiger partial charge in [0.05, 0.1) is 28.2 Å². The number of amides is 1. The van der Waals surface area contributed by atoms with Crippen LogP contribution in [0.2, 0.25) is 5.02 Å². The summed E-state index contributed by atoms with van der Waals surface area (Å²) < 4.78 is 4.75. The van der Waals surface area contributed by atoms with Crippen molar-refractivity contribution in [1.29, 1.82) is 0 Å². The summed E-state index contributed by atoms with van der Waals surface area (Å²) in [5.41, 5.74) is 1.55. The summed E-state index contributed by atoms with van der Waals surface area (Å²) in [6.45, 7) is 1.89. The van der Waals surface area contributed by atoms with E-state index in [-0.39, 0.29) is 18.2 Å². The first kappa shape index (κ1) is 24.0. The Balaban J connectivity index is 1.54. The molecule has 0 bridgehead atoms. The lowest BCUT2D eigenvalue weighted by molar-refractivity contribution is -0.137. The van der Waals surface area contributed by atoms with Gasteiger partial charge in [-0.15, -0.1) is 11.3 Å². The molecule has 0 saturated heterocycles. The molecule has 11 heteroatoms.